The van der Waals surface area contributed by atoms with E-state index < -0.39 is 12.7 Å². The van der Waals surface area contributed by atoms with Gasteiger partial charge in [0.05, 0.1) is 11.1 Å². The van der Waals surface area contributed by atoms with Crippen LogP contribution >= 0.6 is 27.7 Å². The number of aryl methyl sites for hydroxylation is 1. The summed E-state index contributed by atoms with van der Waals surface area (Å²) in [5, 5.41) is 13.0. The number of aliphatic hydroxyl groups is 1. The standard InChI is InChI=1S/C11H12BrFN4S.C7H15NO.CH2F2/c1-3-5-7(13)8-6(9(12)15-5)10(14)17-11(16-8)18-4-2;9-6-7-3-1-2-4-8-5-7;2-1-3/h3-4H2,1-2H3,(H2,14,16,17);7-9H,1-6H2;1H2. The van der Waals surface area contributed by atoms with Crippen LogP contribution in [0.3, 0.4) is 0 Å². The number of anilines is 1. The fourth-order valence-electron chi connectivity index (χ4n) is 2.85. The van der Waals surface area contributed by atoms with Crippen LogP contribution in [0.5, 0.6) is 0 Å². The molecule has 170 valence electrons. The maximum atomic E-state index is 14.2. The molecule has 0 spiro atoms. The van der Waals surface area contributed by atoms with Crippen LogP contribution in [-0.2, 0) is 6.42 Å². The number of fused-ring (bicyclic) bond motifs is 1. The molecule has 0 saturated carbocycles. The predicted molar refractivity (Wildman–Crippen MR) is 120 cm³/mol. The third-order valence-electron chi connectivity index (χ3n) is 4.33. The Bertz CT molecular complexity index is 780. The summed E-state index contributed by atoms with van der Waals surface area (Å²) < 4.78 is 33.9. The molecule has 1 unspecified atom stereocenters. The van der Waals surface area contributed by atoms with E-state index in [0.29, 0.717) is 39.8 Å². The summed E-state index contributed by atoms with van der Waals surface area (Å²) in [6, 6.07) is 0. The Hall–Kier alpha value is -1.17. The lowest BCUT2D eigenvalue weighted by Crippen LogP contribution is -2.22. The molecule has 3 rings (SSSR count). The molecular formula is C19H29BrF3N5OS. The summed E-state index contributed by atoms with van der Waals surface area (Å²) in [7, 11) is 0. The molecule has 1 aliphatic rings. The number of rotatable bonds is 4. The largest absolute Gasteiger partial charge is 0.396 e. The highest BCUT2D eigenvalue weighted by Gasteiger charge is 2.17. The molecule has 1 atom stereocenters. The third kappa shape index (κ3) is 8.16. The molecule has 1 saturated heterocycles. The Morgan fingerprint density at radius 2 is 1.93 bits per heavy atom. The molecule has 0 radical (unpaired) electrons. The second-order valence-corrected chi connectivity index (χ2v) is 8.40. The van der Waals surface area contributed by atoms with E-state index in [1.54, 1.807) is 0 Å². The number of pyridine rings is 1. The van der Waals surface area contributed by atoms with Gasteiger partial charge in [0, 0.05) is 13.2 Å². The van der Waals surface area contributed by atoms with Crippen molar-refractivity contribution in [2.45, 2.75) is 44.7 Å². The van der Waals surface area contributed by atoms with Gasteiger partial charge in [-0.15, -0.1) is 0 Å². The maximum absolute atomic E-state index is 14.2. The first-order valence-electron chi connectivity index (χ1n) is 9.80. The van der Waals surface area contributed by atoms with Crippen LogP contribution < -0.4 is 11.1 Å². The SMILES string of the molecule is CCSc1nc(N)c2c(Br)nc(CC)c(F)c2n1.FCF.OCC1CCCCNC1. The highest BCUT2D eigenvalue weighted by Crippen LogP contribution is 2.30. The van der Waals surface area contributed by atoms with Gasteiger partial charge in [-0.3, -0.25) is 0 Å². The van der Waals surface area contributed by atoms with Crippen molar-refractivity contribution < 1.29 is 18.3 Å². The molecule has 30 heavy (non-hydrogen) atoms. The normalized spacial score (nSPS) is 16.2. The van der Waals surface area contributed by atoms with E-state index in [-0.39, 0.29) is 11.3 Å². The number of nitrogens with one attached hydrogen (secondary N) is 1. The molecule has 2 aromatic rings. The Kier molecular flexibility index (Phi) is 13.2. The van der Waals surface area contributed by atoms with Crippen LogP contribution in [0.1, 0.15) is 38.8 Å². The Morgan fingerprint density at radius 1 is 1.23 bits per heavy atom. The maximum Gasteiger partial charge on any atom is 0.229 e. The molecule has 4 N–H and O–H groups in total. The van der Waals surface area contributed by atoms with Gasteiger partial charge in [-0.1, -0.05) is 32.0 Å². The number of hydrogen-bond acceptors (Lipinski definition) is 7. The topological polar surface area (TPSA) is 97.0 Å². The van der Waals surface area contributed by atoms with Crippen molar-refractivity contribution in [3.05, 3.63) is 16.1 Å². The molecule has 0 aliphatic carbocycles. The molecule has 0 aromatic carbocycles. The average molecular weight is 512 g/mol. The number of aromatic nitrogens is 3. The molecule has 0 amide bonds. The molecule has 2 aromatic heterocycles. The number of nitrogen functional groups attached to an aromatic ring is 1. The highest BCUT2D eigenvalue weighted by atomic mass is 79.9. The number of hydrogen-bond donors (Lipinski definition) is 3. The van der Waals surface area contributed by atoms with Crippen molar-refractivity contribution >= 4 is 44.4 Å². The van der Waals surface area contributed by atoms with E-state index in [1.807, 2.05) is 13.8 Å². The van der Waals surface area contributed by atoms with Gasteiger partial charge in [0.1, 0.15) is 15.9 Å². The number of thioether (sulfide) groups is 1. The smallest absolute Gasteiger partial charge is 0.229 e. The zero-order valence-corrected chi connectivity index (χ0v) is 19.6. The van der Waals surface area contributed by atoms with Crippen molar-refractivity contribution in [1.82, 2.24) is 20.3 Å². The van der Waals surface area contributed by atoms with E-state index in [2.05, 4.69) is 36.2 Å². The highest BCUT2D eigenvalue weighted by molar-refractivity contribution is 9.10. The van der Waals surface area contributed by atoms with Crippen molar-refractivity contribution in [3.8, 4) is 0 Å². The van der Waals surface area contributed by atoms with Gasteiger partial charge >= 0.3 is 0 Å². The lowest BCUT2D eigenvalue weighted by Gasteiger charge is -2.09. The molecule has 6 nitrogen and oxygen atoms in total. The van der Waals surface area contributed by atoms with Crippen LogP contribution in [0.2, 0.25) is 0 Å². The zero-order chi connectivity index (χ0) is 22.5. The van der Waals surface area contributed by atoms with Crippen LogP contribution in [0.25, 0.3) is 10.9 Å². The number of halogens is 4. The van der Waals surface area contributed by atoms with Gasteiger partial charge in [0.25, 0.3) is 0 Å². The van der Waals surface area contributed by atoms with Crippen molar-refractivity contribution in [2.24, 2.45) is 5.92 Å². The number of alkyl halides is 2. The van der Waals surface area contributed by atoms with Gasteiger partial charge in [0.2, 0.25) is 6.93 Å². The molecule has 3 heterocycles. The lowest BCUT2D eigenvalue weighted by molar-refractivity contribution is 0.220. The minimum Gasteiger partial charge on any atom is -0.396 e. The van der Waals surface area contributed by atoms with Crippen molar-refractivity contribution in [1.29, 1.82) is 0 Å². The quantitative estimate of drug-likeness (QED) is 0.317. The first kappa shape index (κ1) is 26.9. The van der Waals surface area contributed by atoms with Crippen molar-refractivity contribution in [2.75, 3.05) is 38.1 Å². The Labute approximate surface area is 187 Å². The van der Waals surface area contributed by atoms with E-state index in [0.717, 1.165) is 18.8 Å². The molecular weight excluding hydrogens is 483 g/mol. The van der Waals surface area contributed by atoms with E-state index in [4.69, 9.17) is 10.8 Å². The zero-order valence-electron chi connectivity index (χ0n) is 17.2. The minimum atomic E-state index is -1.75. The Morgan fingerprint density at radius 3 is 2.53 bits per heavy atom. The van der Waals surface area contributed by atoms with Crippen molar-refractivity contribution in [3.63, 3.8) is 0 Å². The van der Waals surface area contributed by atoms with Crippen LogP contribution in [0, 0.1) is 11.7 Å². The predicted octanol–water partition coefficient (Wildman–Crippen LogP) is 4.43. The van der Waals surface area contributed by atoms with Crippen LogP contribution in [-0.4, -0.2) is 52.4 Å². The first-order valence-corrected chi connectivity index (χ1v) is 11.6. The number of nitrogens with zero attached hydrogens (tertiary/aromatic N) is 3. The summed E-state index contributed by atoms with van der Waals surface area (Å²) in [6.45, 7) is 4.57. The summed E-state index contributed by atoms with van der Waals surface area (Å²) in [5.74, 6) is 1.16. The first-order chi connectivity index (χ1) is 14.4. The van der Waals surface area contributed by atoms with Gasteiger partial charge < -0.3 is 16.2 Å². The van der Waals surface area contributed by atoms with E-state index >= 15 is 0 Å². The minimum absolute atomic E-state index is 0.233. The fourth-order valence-corrected chi connectivity index (χ4v) is 4.04. The van der Waals surface area contributed by atoms with Gasteiger partial charge in [-0.05, 0) is 53.4 Å². The van der Waals surface area contributed by atoms with Gasteiger partial charge in [-0.25, -0.2) is 28.1 Å². The van der Waals surface area contributed by atoms with Crippen LogP contribution in [0.15, 0.2) is 9.76 Å². The monoisotopic (exact) mass is 511 g/mol. The van der Waals surface area contributed by atoms with E-state index in [1.165, 1.54) is 31.0 Å². The molecule has 1 fully saturated rings. The summed E-state index contributed by atoms with van der Waals surface area (Å²) >= 11 is 4.72. The van der Waals surface area contributed by atoms with Gasteiger partial charge in [0.15, 0.2) is 11.0 Å². The molecule has 0 bridgehead atoms. The molecule has 1 aliphatic heterocycles. The fraction of sp³-hybridized carbons (Fsp3) is 0.632. The average Bonchev–Trinajstić information content (AvgIpc) is 3.00. The summed E-state index contributed by atoms with van der Waals surface area (Å²) in [6.07, 6.45) is 4.25. The summed E-state index contributed by atoms with van der Waals surface area (Å²) in [5.41, 5.74) is 6.46. The second-order valence-electron chi connectivity index (χ2n) is 6.41. The second kappa shape index (κ2) is 14.8. The molecule has 11 heteroatoms. The van der Waals surface area contributed by atoms with E-state index in [9.17, 15) is 13.2 Å². The number of nitrogens with two attached hydrogens (primary N) is 1. The lowest BCUT2D eigenvalue weighted by atomic mass is 10.1. The third-order valence-corrected chi connectivity index (χ3v) is 5.64. The van der Waals surface area contributed by atoms with Crippen LogP contribution in [0.4, 0.5) is 19.0 Å². The number of aliphatic hydroxyl groups excluding tert-OH is 1. The summed E-state index contributed by atoms with van der Waals surface area (Å²) in [4.78, 5) is 12.5. The Balaban J connectivity index is 0.000000313. The van der Waals surface area contributed by atoms with Gasteiger partial charge in [-0.2, -0.15) is 0 Å².